The smallest absolute Gasteiger partial charge is 0.272 e. The summed E-state index contributed by atoms with van der Waals surface area (Å²) in [6.45, 7) is 7.37. The summed E-state index contributed by atoms with van der Waals surface area (Å²) in [7, 11) is 0. The highest BCUT2D eigenvalue weighted by atomic mass is 19.1. The van der Waals surface area contributed by atoms with Crippen molar-refractivity contribution in [3.8, 4) is 11.3 Å². The maximum Gasteiger partial charge on any atom is 0.272 e. The lowest BCUT2D eigenvalue weighted by molar-refractivity contribution is 0.0725. The van der Waals surface area contributed by atoms with Crippen LogP contribution in [0.2, 0.25) is 0 Å². The molecule has 0 unspecified atom stereocenters. The van der Waals surface area contributed by atoms with Crippen LogP contribution in [0.5, 0.6) is 0 Å². The first kappa shape index (κ1) is 20.4. The van der Waals surface area contributed by atoms with E-state index in [4.69, 9.17) is 5.10 Å². The Morgan fingerprint density at radius 3 is 2.47 bits per heavy atom. The molecule has 1 aliphatic rings. The summed E-state index contributed by atoms with van der Waals surface area (Å²) in [4.78, 5) is 20.2. The van der Waals surface area contributed by atoms with Gasteiger partial charge in [0, 0.05) is 30.1 Å². The predicted octanol–water partition coefficient (Wildman–Crippen LogP) is 5.03. The van der Waals surface area contributed by atoms with Gasteiger partial charge in [-0.15, -0.1) is 0 Å². The molecule has 0 radical (unpaired) electrons. The van der Waals surface area contributed by atoms with Crippen LogP contribution in [-0.4, -0.2) is 31.9 Å². The molecule has 0 spiro atoms. The number of hydrogen-bond acceptors (Lipinski definition) is 3. The minimum absolute atomic E-state index is 0.131. The average Bonchev–Trinajstić information content (AvgIpc) is 3.23. The summed E-state index contributed by atoms with van der Waals surface area (Å²) in [5, 5.41) is 4.71. The summed E-state index contributed by atoms with van der Waals surface area (Å²) in [5.41, 5.74) is 4.77. The van der Waals surface area contributed by atoms with Gasteiger partial charge in [-0.3, -0.25) is 4.79 Å². The number of carbonyl (C=O) groups excluding carboxylic acids is 1. The molecule has 0 saturated heterocycles. The Kier molecular flexibility index (Phi) is 4.81. The summed E-state index contributed by atoms with van der Waals surface area (Å²) >= 11 is 0. The van der Waals surface area contributed by atoms with E-state index in [0.717, 1.165) is 17.7 Å². The molecule has 1 aliphatic heterocycles. The zero-order chi connectivity index (χ0) is 22.5. The molecule has 2 aromatic carbocycles. The molecule has 3 heterocycles. The van der Waals surface area contributed by atoms with Gasteiger partial charge in [0.05, 0.1) is 11.4 Å². The third-order valence-electron chi connectivity index (χ3n) is 5.98. The fourth-order valence-corrected chi connectivity index (χ4v) is 4.13. The number of benzene rings is 2. The number of halogens is 1. The van der Waals surface area contributed by atoms with Gasteiger partial charge in [-0.1, -0.05) is 57.2 Å². The summed E-state index contributed by atoms with van der Waals surface area (Å²) in [6.07, 6.45) is 0.808. The van der Waals surface area contributed by atoms with Gasteiger partial charge in [0.1, 0.15) is 11.5 Å². The Morgan fingerprint density at radius 2 is 1.72 bits per heavy atom. The maximum absolute atomic E-state index is 14.6. The molecule has 32 heavy (non-hydrogen) atoms. The first-order valence-electron chi connectivity index (χ1n) is 10.8. The van der Waals surface area contributed by atoms with Crippen molar-refractivity contribution in [2.45, 2.75) is 39.2 Å². The quantitative estimate of drug-likeness (QED) is 0.450. The number of rotatable bonds is 2. The number of nitrogens with zero attached hydrogens (tertiary/aromatic N) is 4. The van der Waals surface area contributed by atoms with Crippen molar-refractivity contribution in [2.75, 3.05) is 6.54 Å². The number of fused-ring (bicyclic) bond motifs is 2. The molecule has 0 atom stereocenters. The van der Waals surface area contributed by atoms with E-state index in [0.29, 0.717) is 35.7 Å². The minimum atomic E-state index is -0.370. The van der Waals surface area contributed by atoms with Gasteiger partial charge in [-0.25, -0.2) is 13.9 Å². The van der Waals surface area contributed by atoms with Crippen LogP contribution in [0.1, 0.15) is 48.1 Å². The largest absolute Gasteiger partial charge is 0.333 e. The monoisotopic (exact) mass is 428 g/mol. The normalized spacial score (nSPS) is 13.9. The highest BCUT2D eigenvalue weighted by Gasteiger charge is 2.27. The lowest BCUT2D eigenvalue weighted by Gasteiger charge is -2.29. The van der Waals surface area contributed by atoms with E-state index in [-0.39, 0.29) is 17.1 Å². The third-order valence-corrected chi connectivity index (χ3v) is 5.98. The molecule has 2 aromatic heterocycles. The van der Waals surface area contributed by atoms with Gasteiger partial charge >= 0.3 is 0 Å². The number of amides is 1. The number of carbonyl (C=O) groups is 1. The third kappa shape index (κ3) is 3.55. The van der Waals surface area contributed by atoms with Crippen molar-refractivity contribution >= 4 is 11.6 Å². The van der Waals surface area contributed by atoms with Crippen LogP contribution in [0.3, 0.4) is 0 Å². The average molecular weight is 429 g/mol. The van der Waals surface area contributed by atoms with Crippen LogP contribution in [-0.2, 0) is 18.4 Å². The standard InChI is InChI=1S/C26H25FN4O/c1-26(2,3)23-15-24-28-21(19-10-6-7-11-20(19)27)14-22(31(24)29-23)25(32)30-13-12-17-8-4-5-9-18(17)16-30/h4-11,14-15H,12-13,16H2,1-3H3. The predicted molar refractivity (Wildman–Crippen MR) is 122 cm³/mol. The highest BCUT2D eigenvalue weighted by molar-refractivity contribution is 5.94. The lowest BCUT2D eigenvalue weighted by Crippen LogP contribution is -2.37. The van der Waals surface area contributed by atoms with E-state index in [1.165, 1.54) is 11.6 Å². The zero-order valence-corrected chi connectivity index (χ0v) is 18.5. The molecule has 0 bridgehead atoms. The van der Waals surface area contributed by atoms with Crippen LogP contribution in [0.15, 0.2) is 60.7 Å². The summed E-state index contributed by atoms with van der Waals surface area (Å²) in [5.74, 6) is -0.502. The van der Waals surface area contributed by atoms with Crippen molar-refractivity contribution < 1.29 is 9.18 Å². The van der Waals surface area contributed by atoms with Crippen LogP contribution in [0.4, 0.5) is 4.39 Å². The van der Waals surface area contributed by atoms with Gasteiger partial charge in [0.15, 0.2) is 5.65 Å². The summed E-state index contributed by atoms with van der Waals surface area (Å²) in [6, 6.07) is 18.2. The van der Waals surface area contributed by atoms with E-state index < -0.39 is 0 Å². The van der Waals surface area contributed by atoms with Gasteiger partial charge in [0.2, 0.25) is 0 Å². The van der Waals surface area contributed by atoms with E-state index in [2.05, 4.69) is 37.9 Å². The molecule has 4 aromatic rings. The molecule has 5 nitrogen and oxygen atoms in total. The van der Waals surface area contributed by atoms with Gasteiger partial charge in [-0.2, -0.15) is 5.10 Å². The second-order valence-electron chi connectivity index (χ2n) is 9.30. The lowest BCUT2D eigenvalue weighted by atomic mass is 9.93. The molecular formula is C26H25FN4O. The fourth-order valence-electron chi connectivity index (χ4n) is 4.13. The molecule has 0 fully saturated rings. The Hall–Kier alpha value is -3.54. The molecule has 162 valence electrons. The Balaban J connectivity index is 1.64. The Labute approximate surface area is 186 Å². The molecular weight excluding hydrogens is 403 g/mol. The SMILES string of the molecule is CC(C)(C)c1cc2nc(-c3ccccc3F)cc(C(=O)N3CCc4ccccc4C3)n2n1. The van der Waals surface area contributed by atoms with Crippen LogP contribution in [0, 0.1) is 5.82 Å². The van der Waals surface area contributed by atoms with Crippen molar-refractivity contribution in [3.63, 3.8) is 0 Å². The molecule has 5 rings (SSSR count). The van der Waals surface area contributed by atoms with E-state index in [1.807, 2.05) is 23.1 Å². The molecule has 1 amide bonds. The Morgan fingerprint density at radius 1 is 1.00 bits per heavy atom. The first-order chi connectivity index (χ1) is 15.3. The van der Waals surface area contributed by atoms with Crippen LogP contribution < -0.4 is 0 Å². The fraction of sp³-hybridized carbons (Fsp3) is 0.269. The van der Waals surface area contributed by atoms with E-state index >= 15 is 0 Å². The van der Waals surface area contributed by atoms with Crippen molar-refractivity contribution in [1.82, 2.24) is 19.5 Å². The second-order valence-corrected chi connectivity index (χ2v) is 9.30. The number of aromatic nitrogens is 3. The van der Waals surface area contributed by atoms with Crippen molar-refractivity contribution in [1.29, 1.82) is 0 Å². The van der Waals surface area contributed by atoms with E-state index in [1.54, 1.807) is 28.8 Å². The zero-order valence-electron chi connectivity index (χ0n) is 18.5. The summed E-state index contributed by atoms with van der Waals surface area (Å²) < 4.78 is 16.2. The van der Waals surface area contributed by atoms with E-state index in [9.17, 15) is 9.18 Å². The first-order valence-corrected chi connectivity index (χ1v) is 10.8. The Bertz CT molecular complexity index is 1340. The van der Waals surface area contributed by atoms with Crippen molar-refractivity contribution in [3.05, 3.63) is 89.0 Å². The molecule has 0 N–H and O–H groups in total. The highest BCUT2D eigenvalue weighted by Crippen LogP contribution is 2.28. The molecule has 6 heteroatoms. The van der Waals surface area contributed by atoms with Gasteiger partial charge in [0.25, 0.3) is 5.91 Å². The maximum atomic E-state index is 14.6. The number of hydrogen-bond donors (Lipinski definition) is 0. The molecule has 0 saturated carbocycles. The second kappa shape index (κ2) is 7.55. The van der Waals surface area contributed by atoms with Gasteiger partial charge in [-0.05, 0) is 35.7 Å². The van der Waals surface area contributed by atoms with Crippen molar-refractivity contribution in [2.24, 2.45) is 0 Å². The molecule has 0 aliphatic carbocycles. The topological polar surface area (TPSA) is 50.5 Å². The van der Waals surface area contributed by atoms with Crippen LogP contribution in [0.25, 0.3) is 16.9 Å². The van der Waals surface area contributed by atoms with Gasteiger partial charge < -0.3 is 4.90 Å². The minimum Gasteiger partial charge on any atom is -0.333 e. The van der Waals surface area contributed by atoms with Crippen LogP contribution >= 0.6 is 0 Å².